The molecule has 5 nitrogen and oxygen atoms in total. The smallest absolute Gasteiger partial charge is 0.216 e. The third-order valence-corrected chi connectivity index (χ3v) is 1.62. The van der Waals surface area contributed by atoms with Gasteiger partial charge in [0, 0.05) is 20.0 Å². The highest BCUT2D eigenvalue weighted by molar-refractivity contribution is 5.72. The Morgan fingerprint density at radius 3 is 2.93 bits per heavy atom. The summed E-state index contributed by atoms with van der Waals surface area (Å²) in [5.74, 6) is 1.47. The fourth-order valence-corrected chi connectivity index (χ4v) is 1.01. The summed E-state index contributed by atoms with van der Waals surface area (Å²) in [6.07, 6.45) is 1.69. The maximum Gasteiger partial charge on any atom is 0.216 e. The molecule has 1 aromatic heterocycles. The first-order valence-electron chi connectivity index (χ1n) is 4.55. The maximum absolute atomic E-state index is 10.5. The van der Waals surface area contributed by atoms with Crippen LogP contribution in [0.1, 0.15) is 18.6 Å². The predicted molar refractivity (Wildman–Crippen MR) is 51.6 cm³/mol. The van der Waals surface area contributed by atoms with E-state index in [0.717, 1.165) is 5.76 Å². The second kappa shape index (κ2) is 5.39. The fourth-order valence-electron chi connectivity index (χ4n) is 1.01. The van der Waals surface area contributed by atoms with Crippen molar-refractivity contribution in [1.29, 1.82) is 0 Å². The molecule has 1 aromatic rings. The number of oxazole rings is 1. The molecular formula is C9H15N3O2. The van der Waals surface area contributed by atoms with Crippen LogP contribution in [0.5, 0.6) is 0 Å². The minimum Gasteiger partial charge on any atom is -0.445 e. The lowest BCUT2D eigenvalue weighted by Gasteiger charge is -2.02. The van der Waals surface area contributed by atoms with Crippen molar-refractivity contribution in [3.8, 4) is 0 Å². The van der Waals surface area contributed by atoms with Crippen molar-refractivity contribution in [3.63, 3.8) is 0 Å². The van der Waals surface area contributed by atoms with Gasteiger partial charge in [-0.1, -0.05) is 0 Å². The van der Waals surface area contributed by atoms with Crippen molar-refractivity contribution in [2.24, 2.45) is 0 Å². The lowest BCUT2D eigenvalue weighted by molar-refractivity contribution is -0.118. The van der Waals surface area contributed by atoms with E-state index in [2.05, 4.69) is 15.6 Å². The van der Waals surface area contributed by atoms with Crippen LogP contribution in [0.4, 0.5) is 0 Å². The zero-order valence-electron chi connectivity index (χ0n) is 8.46. The number of carbonyl (C=O) groups is 1. The van der Waals surface area contributed by atoms with Crippen LogP contribution >= 0.6 is 0 Å². The number of hydrogen-bond donors (Lipinski definition) is 2. The Hall–Kier alpha value is -1.36. The Morgan fingerprint density at radius 1 is 1.57 bits per heavy atom. The van der Waals surface area contributed by atoms with Crippen molar-refractivity contribution in [3.05, 3.63) is 17.8 Å². The summed E-state index contributed by atoms with van der Waals surface area (Å²) in [4.78, 5) is 14.5. The van der Waals surface area contributed by atoms with Gasteiger partial charge in [0.05, 0.1) is 12.7 Å². The number of aryl methyl sites for hydroxylation is 1. The molecule has 14 heavy (non-hydrogen) atoms. The second-order valence-corrected chi connectivity index (χ2v) is 3.02. The van der Waals surface area contributed by atoms with Gasteiger partial charge in [0.25, 0.3) is 0 Å². The standard InChI is InChI=1S/C9H15N3O2/c1-7-5-12-9(14-7)6-10-3-4-11-8(2)13/h5,10H,3-4,6H2,1-2H3,(H,11,13). The predicted octanol–water partition coefficient (Wildman–Crippen LogP) is 0.209. The molecule has 0 aliphatic heterocycles. The summed E-state index contributed by atoms with van der Waals surface area (Å²) in [6, 6.07) is 0. The van der Waals surface area contributed by atoms with Gasteiger partial charge in [-0.3, -0.25) is 4.79 Å². The second-order valence-electron chi connectivity index (χ2n) is 3.02. The molecule has 0 aliphatic rings. The van der Waals surface area contributed by atoms with Crippen molar-refractivity contribution >= 4 is 5.91 Å². The summed E-state index contributed by atoms with van der Waals surface area (Å²) in [5.41, 5.74) is 0. The molecule has 2 N–H and O–H groups in total. The van der Waals surface area contributed by atoms with Crippen LogP contribution in [-0.2, 0) is 11.3 Å². The van der Waals surface area contributed by atoms with E-state index in [1.807, 2.05) is 6.92 Å². The van der Waals surface area contributed by atoms with Gasteiger partial charge in [-0.05, 0) is 6.92 Å². The molecule has 0 unspecified atom stereocenters. The summed E-state index contributed by atoms with van der Waals surface area (Å²) < 4.78 is 5.25. The molecule has 0 bridgehead atoms. The molecule has 0 aliphatic carbocycles. The number of nitrogens with zero attached hydrogens (tertiary/aromatic N) is 1. The Labute approximate surface area is 82.9 Å². The van der Waals surface area contributed by atoms with Gasteiger partial charge in [0.1, 0.15) is 5.76 Å². The van der Waals surface area contributed by atoms with Crippen LogP contribution in [0.15, 0.2) is 10.6 Å². The quantitative estimate of drug-likeness (QED) is 0.662. The third kappa shape index (κ3) is 4.04. The van der Waals surface area contributed by atoms with E-state index in [1.165, 1.54) is 6.92 Å². The van der Waals surface area contributed by atoms with Crippen LogP contribution in [0, 0.1) is 6.92 Å². The fraction of sp³-hybridized carbons (Fsp3) is 0.556. The molecule has 0 atom stereocenters. The van der Waals surface area contributed by atoms with Crippen molar-refractivity contribution in [1.82, 2.24) is 15.6 Å². The third-order valence-electron chi connectivity index (χ3n) is 1.62. The molecule has 1 amide bonds. The van der Waals surface area contributed by atoms with Crippen molar-refractivity contribution in [2.75, 3.05) is 13.1 Å². The zero-order valence-corrected chi connectivity index (χ0v) is 8.46. The molecule has 0 saturated carbocycles. The first-order valence-corrected chi connectivity index (χ1v) is 4.55. The normalized spacial score (nSPS) is 10.1. The SMILES string of the molecule is CC(=O)NCCNCc1ncc(C)o1. The molecule has 0 saturated heterocycles. The number of hydrogen-bond acceptors (Lipinski definition) is 4. The highest BCUT2D eigenvalue weighted by atomic mass is 16.4. The average molecular weight is 197 g/mol. The minimum atomic E-state index is -0.0150. The summed E-state index contributed by atoms with van der Waals surface area (Å²) in [7, 11) is 0. The summed E-state index contributed by atoms with van der Waals surface area (Å²) in [5, 5.41) is 5.78. The molecule has 0 spiro atoms. The van der Waals surface area contributed by atoms with Gasteiger partial charge in [0.15, 0.2) is 0 Å². The van der Waals surface area contributed by atoms with E-state index in [4.69, 9.17) is 4.42 Å². The lowest BCUT2D eigenvalue weighted by Crippen LogP contribution is -2.29. The van der Waals surface area contributed by atoms with E-state index < -0.39 is 0 Å². The van der Waals surface area contributed by atoms with Crippen molar-refractivity contribution in [2.45, 2.75) is 20.4 Å². The minimum absolute atomic E-state index is 0.0150. The van der Waals surface area contributed by atoms with Gasteiger partial charge in [-0.15, -0.1) is 0 Å². The Balaban J connectivity index is 2.07. The highest BCUT2D eigenvalue weighted by Gasteiger charge is 1.98. The lowest BCUT2D eigenvalue weighted by atomic mass is 10.5. The van der Waals surface area contributed by atoms with E-state index in [9.17, 15) is 4.79 Å². The Morgan fingerprint density at radius 2 is 2.36 bits per heavy atom. The van der Waals surface area contributed by atoms with Crippen molar-refractivity contribution < 1.29 is 9.21 Å². The first-order chi connectivity index (χ1) is 6.68. The molecule has 0 fully saturated rings. The van der Waals surface area contributed by atoms with Gasteiger partial charge in [-0.25, -0.2) is 4.98 Å². The van der Waals surface area contributed by atoms with Gasteiger partial charge in [-0.2, -0.15) is 0 Å². The molecule has 78 valence electrons. The largest absolute Gasteiger partial charge is 0.445 e. The highest BCUT2D eigenvalue weighted by Crippen LogP contribution is 1.99. The summed E-state index contributed by atoms with van der Waals surface area (Å²) >= 11 is 0. The monoisotopic (exact) mass is 197 g/mol. The van der Waals surface area contributed by atoms with E-state index in [-0.39, 0.29) is 5.91 Å². The van der Waals surface area contributed by atoms with E-state index in [1.54, 1.807) is 6.20 Å². The topological polar surface area (TPSA) is 67.2 Å². The molecular weight excluding hydrogens is 182 g/mol. The molecule has 5 heteroatoms. The number of aromatic nitrogens is 1. The van der Waals surface area contributed by atoms with Gasteiger partial charge in [0.2, 0.25) is 11.8 Å². The molecule has 1 rings (SSSR count). The average Bonchev–Trinajstić information content (AvgIpc) is 2.50. The van der Waals surface area contributed by atoms with Crippen LogP contribution in [0.2, 0.25) is 0 Å². The number of carbonyl (C=O) groups excluding carboxylic acids is 1. The van der Waals surface area contributed by atoms with E-state index >= 15 is 0 Å². The van der Waals surface area contributed by atoms with Crippen LogP contribution in [-0.4, -0.2) is 24.0 Å². The van der Waals surface area contributed by atoms with Gasteiger partial charge < -0.3 is 15.1 Å². The summed E-state index contributed by atoms with van der Waals surface area (Å²) in [6.45, 7) is 5.27. The first kappa shape index (κ1) is 10.7. The number of nitrogens with one attached hydrogen (secondary N) is 2. The Bertz CT molecular complexity index is 296. The van der Waals surface area contributed by atoms with Crippen LogP contribution in [0.25, 0.3) is 0 Å². The molecule has 1 heterocycles. The van der Waals surface area contributed by atoms with Gasteiger partial charge >= 0.3 is 0 Å². The van der Waals surface area contributed by atoms with E-state index in [0.29, 0.717) is 25.5 Å². The number of amides is 1. The molecule has 0 radical (unpaired) electrons. The van der Waals surface area contributed by atoms with Crippen LogP contribution < -0.4 is 10.6 Å². The Kier molecular flexibility index (Phi) is 4.12. The zero-order chi connectivity index (χ0) is 10.4. The van der Waals surface area contributed by atoms with Crippen LogP contribution in [0.3, 0.4) is 0 Å². The molecule has 0 aromatic carbocycles. The number of rotatable bonds is 5. The maximum atomic E-state index is 10.5.